The van der Waals surface area contributed by atoms with Crippen LogP contribution in [0.2, 0.25) is 5.02 Å². The molecule has 0 aliphatic heterocycles. The van der Waals surface area contributed by atoms with E-state index in [4.69, 9.17) is 16.9 Å². The molecule has 0 atom stereocenters. The Morgan fingerprint density at radius 3 is 2.59 bits per heavy atom. The van der Waals surface area contributed by atoms with Crippen molar-refractivity contribution in [3.05, 3.63) is 64.4 Å². The number of halogens is 2. The van der Waals surface area contributed by atoms with Crippen LogP contribution in [0.4, 0.5) is 10.1 Å². The lowest BCUT2D eigenvalue weighted by molar-refractivity contribution is -0.115. The molecule has 0 saturated heterocycles. The highest BCUT2D eigenvalue weighted by molar-refractivity contribution is 6.31. The molecule has 2 rings (SSSR count). The molecule has 0 saturated carbocycles. The summed E-state index contributed by atoms with van der Waals surface area (Å²) >= 11 is 5.87. The van der Waals surface area contributed by atoms with Gasteiger partial charge in [0, 0.05) is 10.6 Å². The van der Waals surface area contributed by atoms with Crippen LogP contribution in [0, 0.1) is 17.1 Å². The molecule has 0 aromatic heterocycles. The molecule has 2 aromatic carbocycles. The maximum absolute atomic E-state index is 13.8. The van der Waals surface area contributed by atoms with Crippen LogP contribution in [-0.2, 0) is 4.79 Å². The second-order valence-corrected chi connectivity index (χ2v) is 4.82. The summed E-state index contributed by atoms with van der Waals surface area (Å²) in [6.07, 6.45) is -0.351. The zero-order valence-electron chi connectivity index (χ0n) is 11.3. The van der Waals surface area contributed by atoms with Crippen LogP contribution in [0.25, 0.3) is 0 Å². The molecule has 22 heavy (non-hydrogen) atoms. The molecule has 1 N–H and O–H groups in total. The minimum Gasteiger partial charge on any atom is -0.325 e. The second-order valence-electron chi connectivity index (χ2n) is 4.38. The first-order valence-electron chi connectivity index (χ1n) is 6.28. The third kappa shape index (κ3) is 3.48. The van der Waals surface area contributed by atoms with Crippen molar-refractivity contribution in [3.63, 3.8) is 0 Å². The van der Waals surface area contributed by atoms with Crippen molar-refractivity contribution < 1.29 is 14.0 Å². The lowest BCUT2D eigenvalue weighted by atomic mass is 10.0. The first-order valence-corrected chi connectivity index (χ1v) is 6.66. The van der Waals surface area contributed by atoms with Crippen LogP contribution >= 0.6 is 11.6 Å². The molecule has 0 heterocycles. The predicted octanol–water partition coefficient (Wildman–Crippen LogP) is 3.56. The third-order valence-corrected chi connectivity index (χ3v) is 3.09. The highest BCUT2D eigenvalue weighted by Crippen LogP contribution is 2.24. The Labute approximate surface area is 131 Å². The number of hydrogen-bond donors (Lipinski definition) is 1. The number of rotatable bonds is 4. The minimum atomic E-state index is -0.665. The monoisotopic (exact) mass is 316 g/mol. The van der Waals surface area contributed by atoms with E-state index in [1.165, 1.54) is 42.5 Å². The van der Waals surface area contributed by atoms with Gasteiger partial charge in [0.2, 0.25) is 5.91 Å². The van der Waals surface area contributed by atoms with E-state index in [1.807, 2.05) is 0 Å². The molecule has 2 aromatic rings. The van der Waals surface area contributed by atoms with Gasteiger partial charge in [-0.3, -0.25) is 9.59 Å². The van der Waals surface area contributed by atoms with Crippen LogP contribution in [0.1, 0.15) is 22.3 Å². The average molecular weight is 317 g/mol. The number of nitrogens with zero attached hydrogens (tertiary/aromatic N) is 1. The van der Waals surface area contributed by atoms with Crippen molar-refractivity contribution in [2.75, 3.05) is 5.32 Å². The summed E-state index contributed by atoms with van der Waals surface area (Å²) in [6, 6.07) is 11.5. The van der Waals surface area contributed by atoms with E-state index in [2.05, 4.69) is 5.32 Å². The number of benzene rings is 2. The van der Waals surface area contributed by atoms with Crippen LogP contribution in [0.5, 0.6) is 0 Å². The summed E-state index contributed by atoms with van der Waals surface area (Å²) in [4.78, 5) is 24.0. The zero-order valence-corrected chi connectivity index (χ0v) is 12.0. The van der Waals surface area contributed by atoms with Crippen molar-refractivity contribution in [2.24, 2.45) is 0 Å². The Bertz CT molecular complexity index is 784. The third-order valence-electron chi connectivity index (χ3n) is 2.86. The number of nitriles is 1. The second kappa shape index (κ2) is 6.83. The van der Waals surface area contributed by atoms with E-state index in [-0.39, 0.29) is 28.3 Å². The SMILES string of the molecule is N#CCC(=O)Nc1ccc(Cl)cc1C(=O)c1ccccc1F. The summed E-state index contributed by atoms with van der Waals surface area (Å²) in [7, 11) is 0. The maximum Gasteiger partial charge on any atom is 0.238 e. The van der Waals surface area contributed by atoms with Crippen molar-refractivity contribution in [1.29, 1.82) is 5.26 Å². The number of amides is 1. The summed E-state index contributed by atoms with van der Waals surface area (Å²) in [5, 5.41) is 11.2. The average Bonchev–Trinajstić information content (AvgIpc) is 2.49. The fraction of sp³-hybridized carbons (Fsp3) is 0.0625. The fourth-order valence-electron chi connectivity index (χ4n) is 1.87. The molecule has 0 bridgehead atoms. The number of anilines is 1. The molecule has 4 nitrogen and oxygen atoms in total. The molecule has 0 fully saturated rings. The van der Waals surface area contributed by atoms with Crippen LogP contribution in [0.3, 0.4) is 0 Å². The molecule has 0 radical (unpaired) electrons. The Balaban J connectivity index is 2.43. The lowest BCUT2D eigenvalue weighted by Crippen LogP contribution is -2.14. The summed E-state index contributed by atoms with van der Waals surface area (Å²) in [5.41, 5.74) is 0.113. The van der Waals surface area contributed by atoms with Crippen LogP contribution in [0.15, 0.2) is 42.5 Å². The molecule has 0 aliphatic rings. The van der Waals surface area contributed by atoms with Crippen molar-refractivity contribution in [2.45, 2.75) is 6.42 Å². The van der Waals surface area contributed by atoms with Gasteiger partial charge in [-0.05, 0) is 30.3 Å². The number of ketones is 1. The summed E-state index contributed by atoms with van der Waals surface area (Å²) in [6.45, 7) is 0. The number of carbonyl (C=O) groups excluding carboxylic acids is 2. The first kappa shape index (κ1) is 15.7. The number of carbonyl (C=O) groups is 2. The Morgan fingerprint density at radius 1 is 1.18 bits per heavy atom. The van der Waals surface area contributed by atoms with Gasteiger partial charge in [0.25, 0.3) is 0 Å². The summed E-state index contributed by atoms with van der Waals surface area (Å²) in [5.74, 6) is -1.83. The quantitative estimate of drug-likeness (QED) is 0.877. The van der Waals surface area contributed by atoms with Crippen molar-refractivity contribution in [1.82, 2.24) is 0 Å². The first-order chi connectivity index (χ1) is 10.5. The molecule has 0 unspecified atom stereocenters. The standard InChI is InChI=1S/C16H10ClFN2O2/c17-10-5-6-14(20-15(21)7-8-19)12(9-10)16(22)11-3-1-2-4-13(11)18/h1-6,9H,7H2,(H,20,21). The number of nitrogens with one attached hydrogen (secondary N) is 1. The van der Waals surface area contributed by atoms with Gasteiger partial charge in [-0.1, -0.05) is 23.7 Å². The van der Waals surface area contributed by atoms with Gasteiger partial charge in [0.05, 0.1) is 17.3 Å². The molecule has 0 spiro atoms. The van der Waals surface area contributed by atoms with Gasteiger partial charge < -0.3 is 5.32 Å². The topological polar surface area (TPSA) is 70.0 Å². The number of hydrogen-bond acceptors (Lipinski definition) is 3. The van der Waals surface area contributed by atoms with E-state index < -0.39 is 17.5 Å². The lowest BCUT2D eigenvalue weighted by Gasteiger charge is -2.10. The predicted molar refractivity (Wildman–Crippen MR) is 80.1 cm³/mol. The van der Waals surface area contributed by atoms with Crippen LogP contribution in [-0.4, -0.2) is 11.7 Å². The summed E-state index contributed by atoms with van der Waals surface area (Å²) < 4.78 is 13.8. The van der Waals surface area contributed by atoms with Gasteiger partial charge in [-0.25, -0.2) is 4.39 Å². The minimum absolute atomic E-state index is 0.0592. The van der Waals surface area contributed by atoms with E-state index in [1.54, 1.807) is 6.07 Å². The van der Waals surface area contributed by atoms with E-state index in [0.29, 0.717) is 0 Å². The van der Waals surface area contributed by atoms with Crippen molar-refractivity contribution >= 4 is 29.0 Å². The van der Waals surface area contributed by atoms with Gasteiger partial charge in [0.15, 0.2) is 5.78 Å². The Morgan fingerprint density at radius 2 is 1.91 bits per heavy atom. The Hall–Kier alpha value is -2.71. The van der Waals surface area contributed by atoms with Gasteiger partial charge in [0.1, 0.15) is 12.2 Å². The van der Waals surface area contributed by atoms with Gasteiger partial charge in [-0.15, -0.1) is 0 Å². The molecule has 110 valence electrons. The molecular weight excluding hydrogens is 307 g/mol. The maximum atomic E-state index is 13.8. The van der Waals surface area contributed by atoms with E-state index in [9.17, 15) is 14.0 Å². The molecule has 1 amide bonds. The van der Waals surface area contributed by atoms with E-state index >= 15 is 0 Å². The highest BCUT2D eigenvalue weighted by atomic mass is 35.5. The highest BCUT2D eigenvalue weighted by Gasteiger charge is 2.18. The van der Waals surface area contributed by atoms with Crippen molar-refractivity contribution in [3.8, 4) is 6.07 Å². The molecule has 6 heteroatoms. The Kier molecular flexibility index (Phi) is 4.87. The van der Waals surface area contributed by atoms with Gasteiger partial charge in [-0.2, -0.15) is 5.26 Å². The largest absolute Gasteiger partial charge is 0.325 e. The van der Waals surface area contributed by atoms with E-state index in [0.717, 1.165) is 0 Å². The zero-order chi connectivity index (χ0) is 16.1. The molecule has 0 aliphatic carbocycles. The smallest absolute Gasteiger partial charge is 0.238 e. The molecular formula is C16H10ClFN2O2. The normalized spacial score (nSPS) is 9.86. The fourth-order valence-corrected chi connectivity index (χ4v) is 2.04. The van der Waals surface area contributed by atoms with Crippen LogP contribution < -0.4 is 5.32 Å². The van der Waals surface area contributed by atoms with Gasteiger partial charge >= 0.3 is 0 Å².